The van der Waals surface area contributed by atoms with E-state index in [0.29, 0.717) is 23.9 Å². The third kappa shape index (κ3) is 2.85. The van der Waals surface area contributed by atoms with Gasteiger partial charge in [-0.05, 0) is 37.0 Å². The number of nitrogen functional groups attached to an aromatic ring is 1. The Labute approximate surface area is 151 Å². The number of hydrogen-bond donors (Lipinski definition) is 1. The lowest BCUT2D eigenvalue weighted by atomic mass is 10.2. The molecule has 3 aromatic rings. The summed E-state index contributed by atoms with van der Waals surface area (Å²) >= 11 is 0. The number of hydrogen-bond acceptors (Lipinski definition) is 6. The van der Waals surface area contributed by atoms with Crippen LogP contribution in [0.4, 0.5) is 5.82 Å². The van der Waals surface area contributed by atoms with Crippen LogP contribution in [-0.2, 0) is 19.4 Å². The Morgan fingerprint density at radius 2 is 1.92 bits per heavy atom. The molecule has 1 aliphatic carbocycles. The van der Waals surface area contributed by atoms with Gasteiger partial charge in [0.25, 0.3) is 0 Å². The van der Waals surface area contributed by atoms with Gasteiger partial charge in [-0.15, -0.1) is 0 Å². The topological polar surface area (TPSA) is 88.1 Å². The predicted octanol–water partition coefficient (Wildman–Crippen LogP) is 2.48. The molecule has 1 aromatic carbocycles. The van der Waals surface area contributed by atoms with Crippen LogP contribution >= 0.6 is 0 Å². The lowest BCUT2D eigenvalue weighted by Gasteiger charge is -2.07. The number of nitrogens with zero attached hydrogens (tertiary/aromatic N) is 4. The summed E-state index contributed by atoms with van der Waals surface area (Å²) in [5.41, 5.74) is 10.4. The van der Waals surface area contributed by atoms with E-state index in [1.807, 2.05) is 12.1 Å². The van der Waals surface area contributed by atoms with E-state index >= 15 is 0 Å². The van der Waals surface area contributed by atoms with E-state index in [0.717, 1.165) is 30.7 Å². The van der Waals surface area contributed by atoms with Crippen molar-refractivity contribution in [3.8, 4) is 23.0 Å². The number of ether oxygens (including phenoxy) is 2. The molecule has 0 aliphatic heterocycles. The highest BCUT2D eigenvalue weighted by atomic mass is 16.5. The van der Waals surface area contributed by atoms with Crippen molar-refractivity contribution in [2.45, 2.75) is 25.8 Å². The first kappa shape index (κ1) is 16.4. The van der Waals surface area contributed by atoms with Crippen molar-refractivity contribution < 1.29 is 9.47 Å². The number of aromatic nitrogens is 4. The van der Waals surface area contributed by atoms with E-state index < -0.39 is 0 Å². The van der Waals surface area contributed by atoms with E-state index in [2.05, 4.69) is 26.8 Å². The fraction of sp³-hybridized carbons (Fsp3) is 0.316. The third-order valence-corrected chi connectivity index (χ3v) is 4.71. The van der Waals surface area contributed by atoms with E-state index in [1.54, 1.807) is 20.4 Å². The lowest BCUT2D eigenvalue weighted by Crippen LogP contribution is -2.06. The molecule has 0 spiro atoms. The van der Waals surface area contributed by atoms with Crippen molar-refractivity contribution in [1.29, 1.82) is 0 Å². The average molecular weight is 351 g/mol. The number of fused-ring (bicyclic) bond motifs is 1. The van der Waals surface area contributed by atoms with Crippen LogP contribution in [0.1, 0.15) is 23.2 Å². The molecule has 7 heteroatoms. The molecule has 0 saturated heterocycles. The second kappa shape index (κ2) is 6.67. The molecule has 2 heterocycles. The van der Waals surface area contributed by atoms with Gasteiger partial charge in [-0.25, -0.2) is 9.97 Å². The zero-order valence-electron chi connectivity index (χ0n) is 14.9. The standard InChI is InChI=1S/C19H21N5O2/c1-25-13-8-6-12(7-9-13)11-24-15-5-3-4-14(15)17(23-24)19-21-10-16(26-2)18(20)22-19/h6-10H,3-5,11H2,1-2H3,(H2,20,21,22). The Balaban J connectivity index is 1.69. The highest BCUT2D eigenvalue weighted by molar-refractivity contribution is 5.61. The van der Waals surface area contributed by atoms with Crippen LogP contribution in [0.3, 0.4) is 0 Å². The van der Waals surface area contributed by atoms with Crippen LogP contribution in [0.2, 0.25) is 0 Å². The smallest absolute Gasteiger partial charge is 0.182 e. The maximum atomic E-state index is 5.95. The lowest BCUT2D eigenvalue weighted by molar-refractivity contribution is 0.413. The second-order valence-electron chi connectivity index (χ2n) is 6.28. The monoisotopic (exact) mass is 351 g/mol. The SMILES string of the molecule is COc1ccc(Cn2nc(-c3ncc(OC)c(N)n3)c3c2CCC3)cc1. The van der Waals surface area contributed by atoms with Gasteiger partial charge in [0.15, 0.2) is 17.4 Å². The molecule has 2 aromatic heterocycles. The van der Waals surface area contributed by atoms with Crippen molar-refractivity contribution in [3.05, 3.63) is 47.3 Å². The Morgan fingerprint density at radius 3 is 2.62 bits per heavy atom. The van der Waals surface area contributed by atoms with Crippen molar-refractivity contribution in [2.75, 3.05) is 20.0 Å². The quantitative estimate of drug-likeness (QED) is 0.760. The Hall–Kier alpha value is -3.09. The van der Waals surface area contributed by atoms with Crippen LogP contribution < -0.4 is 15.2 Å². The van der Waals surface area contributed by atoms with Crippen molar-refractivity contribution in [1.82, 2.24) is 19.7 Å². The van der Waals surface area contributed by atoms with Gasteiger partial charge in [-0.3, -0.25) is 4.68 Å². The Bertz CT molecular complexity index is 934. The first-order valence-corrected chi connectivity index (χ1v) is 8.58. The fourth-order valence-corrected chi connectivity index (χ4v) is 3.38. The minimum Gasteiger partial charge on any atom is -0.497 e. The van der Waals surface area contributed by atoms with Gasteiger partial charge in [0, 0.05) is 11.3 Å². The summed E-state index contributed by atoms with van der Waals surface area (Å²) in [6, 6.07) is 8.05. The number of benzene rings is 1. The third-order valence-electron chi connectivity index (χ3n) is 4.71. The number of rotatable bonds is 5. The zero-order chi connectivity index (χ0) is 18.1. The molecule has 26 heavy (non-hydrogen) atoms. The molecule has 7 nitrogen and oxygen atoms in total. The maximum absolute atomic E-state index is 5.95. The largest absolute Gasteiger partial charge is 0.497 e. The van der Waals surface area contributed by atoms with Crippen molar-refractivity contribution in [3.63, 3.8) is 0 Å². The summed E-state index contributed by atoms with van der Waals surface area (Å²) in [7, 11) is 3.22. The molecule has 4 rings (SSSR count). The molecule has 134 valence electrons. The molecule has 2 N–H and O–H groups in total. The second-order valence-corrected chi connectivity index (χ2v) is 6.28. The minimum atomic E-state index is 0.328. The molecule has 1 aliphatic rings. The van der Waals surface area contributed by atoms with Gasteiger partial charge in [0.2, 0.25) is 0 Å². The Kier molecular flexibility index (Phi) is 4.20. The summed E-state index contributed by atoms with van der Waals surface area (Å²) in [5.74, 6) is 2.20. The summed E-state index contributed by atoms with van der Waals surface area (Å²) < 4.78 is 12.4. The van der Waals surface area contributed by atoms with Crippen LogP contribution in [0.25, 0.3) is 11.5 Å². The first-order chi connectivity index (χ1) is 12.7. The molecule has 0 amide bonds. The van der Waals surface area contributed by atoms with Crippen LogP contribution in [0.15, 0.2) is 30.5 Å². The van der Waals surface area contributed by atoms with E-state index in [-0.39, 0.29) is 0 Å². The number of nitrogens with two attached hydrogens (primary N) is 1. The average Bonchev–Trinajstić information content (AvgIpc) is 3.26. The van der Waals surface area contributed by atoms with Gasteiger partial charge in [0.05, 0.1) is 27.0 Å². The van der Waals surface area contributed by atoms with Crippen LogP contribution in [0.5, 0.6) is 11.5 Å². The van der Waals surface area contributed by atoms with Gasteiger partial charge >= 0.3 is 0 Å². The summed E-state index contributed by atoms with van der Waals surface area (Å²) in [4.78, 5) is 8.78. The molecule has 0 unspecified atom stereocenters. The minimum absolute atomic E-state index is 0.328. The van der Waals surface area contributed by atoms with Crippen LogP contribution in [-0.4, -0.2) is 34.0 Å². The maximum Gasteiger partial charge on any atom is 0.182 e. The molecular formula is C19H21N5O2. The highest BCUT2D eigenvalue weighted by Gasteiger charge is 2.25. The van der Waals surface area contributed by atoms with Crippen molar-refractivity contribution in [2.24, 2.45) is 0 Å². The van der Waals surface area contributed by atoms with Gasteiger partial charge < -0.3 is 15.2 Å². The van der Waals surface area contributed by atoms with E-state index in [4.69, 9.17) is 20.3 Å². The summed E-state index contributed by atoms with van der Waals surface area (Å²) in [6.45, 7) is 0.706. The predicted molar refractivity (Wildman–Crippen MR) is 98.3 cm³/mol. The molecule has 0 atom stereocenters. The van der Waals surface area contributed by atoms with Crippen molar-refractivity contribution >= 4 is 5.82 Å². The van der Waals surface area contributed by atoms with Gasteiger partial charge in [-0.2, -0.15) is 5.10 Å². The normalized spacial score (nSPS) is 12.8. The molecular weight excluding hydrogens is 330 g/mol. The molecule has 0 bridgehead atoms. The van der Waals surface area contributed by atoms with E-state index in [9.17, 15) is 0 Å². The number of methoxy groups -OCH3 is 2. The van der Waals surface area contributed by atoms with E-state index in [1.165, 1.54) is 16.8 Å². The van der Waals surface area contributed by atoms with Gasteiger partial charge in [-0.1, -0.05) is 12.1 Å². The number of anilines is 1. The summed E-state index contributed by atoms with van der Waals surface area (Å²) in [5, 5.41) is 4.80. The van der Waals surface area contributed by atoms with Crippen LogP contribution in [0, 0.1) is 0 Å². The highest BCUT2D eigenvalue weighted by Crippen LogP contribution is 2.32. The van der Waals surface area contributed by atoms with Gasteiger partial charge in [0.1, 0.15) is 11.4 Å². The molecule has 0 radical (unpaired) electrons. The molecule has 0 fully saturated rings. The zero-order valence-corrected chi connectivity index (χ0v) is 14.9. The summed E-state index contributed by atoms with van der Waals surface area (Å²) in [6.07, 6.45) is 4.72. The first-order valence-electron chi connectivity index (χ1n) is 8.58. The molecule has 0 saturated carbocycles. The Morgan fingerprint density at radius 1 is 1.12 bits per heavy atom. The fourth-order valence-electron chi connectivity index (χ4n) is 3.38.